The summed E-state index contributed by atoms with van der Waals surface area (Å²) in [6.07, 6.45) is 0. The fraction of sp³-hybridized carbons (Fsp3) is 0.0476. The van der Waals surface area contributed by atoms with Gasteiger partial charge in [0.2, 0.25) is 0 Å². The third-order valence-corrected chi connectivity index (χ3v) is 5.31. The summed E-state index contributed by atoms with van der Waals surface area (Å²) < 4.78 is 0. The molecule has 0 bridgehead atoms. The Hall–Kier alpha value is -3.00. The van der Waals surface area contributed by atoms with Crippen molar-refractivity contribution >= 4 is 63.2 Å². The fourth-order valence-electron chi connectivity index (χ4n) is 2.79. The third kappa shape index (κ3) is 4.28. The molecule has 0 radical (unpaired) electrons. The largest absolute Gasteiger partial charge is 0.332 e. The number of halogens is 2. The molecule has 2 N–H and O–H groups in total. The highest BCUT2D eigenvalue weighted by atomic mass is 35.5. The SMILES string of the molecule is Cc1ccc(-n2nc3ccc(NC(=S)NC(=O)c4ccccc4Cl)cc3n2)cc1Cl. The van der Waals surface area contributed by atoms with E-state index >= 15 is 0 Å². The number of nitrogens with zero attached hydrogens (tertiary/aromatic N) is 3. The van der Waals surface area contributed by atoms with Gasteiger partial charge in [-0.2, -0.15) is 4.80 Å². The summed E-state index contributed by atoms with van der Waals surface area (Å²) in [7, 11) is 0. The van der Waals surface area contributed by atoms with E-state index in [-0.39, 0.29) is 11.0 Å². The molecule has 0 unspecified atom stereocenters. The van der Waals surface area contributed by atoms with Gasteiger partial charge in [0.1, 0.15) is 11.0 Å². The average Bonchev–Trinajstić information content (AvgIpc) is 3.13. The number of rotatable bonds is 3. The summed E-state index contributed by atoms with van der Waals surface area (Å²) in [4.78, 5) is 13.9. The van der Waals surface area contributed by atoms with E-state index in [1.54, 1.807) is 36.4 Å². The number of aromatic nitrogens is 3. The Labute approximate surface area is 187 Å². The molecule has 0 aliphatic rings. The number of nitrogens with one attached hydrogen (secondary N) is 2. The van der Waals surface area contributed by atoms with Crippen LogP contribution < -0.4 is 10.6 Å². The molecule has 0 spiro atoms. The van der Waals surface area contributed by atoms with Gasteiger partial charge in [-0.15, -0.1) is 10.2 Å². The van der Waals surface area contributed by atoms with E-state index in [0.29, 0.717) is 32.3 Å². The lowest BCUT2D eigenvalue weighted by Gasteiger charge is -2.10. The van der Waals surface area contributed by atoms with E-state index in [4.69, 9.17) is 35.4 Å². The van der Waals surface area contributed by atoms with Crippen LogP contribution in [0.4, 0.5) is 5.69 Å². The zero-order valence-corrected chi connectivity index (χ0v) is 18.0. The highest BCUT2D eigenvalue weighted by Gasteiger charge is 2.12. The first-order valence-corrected chi connectivity index (χ1v) is 10.1. The summed E-state index contributed by atoms with van der Waals surface area (Å²) in [6.45, 7) is 1.94. The molecule has 0 atom stereocenters. The first-order valence-electron chi connectivity index (χ1n) is 8.91. The lowest BCUT2D eigenvalue weighted by molar-refractivity contribution is 0.0978. The molecule has 1 heterocycles. The topological polar surface area (TPSA) is 71.8 Å². The van der Waals surface area contributed by atoms with Crippen LogP contribution >= 0.6 is 35.4 Å². The maximum absolute atomic E-state index is 12.3. The van der Waals surface area contributed by atoms with Crippen LogP contribution in [0.15, 0.2) is 60.7 Å². The Bertz CT molecular complexity index is 1290. The van der Waals surface area contributed by atoms with Gasteiger partial charge in [0.15, 0.2) is 5.11 Å². The van der Waals surface area contributed by atoms with E-state index in [9.17, 15) is 4.79 Å². The monoisotopic (exact) mass is 455 g/mol. The summed E-state index contributed by atoms with van der Waals surface area (Å²) in [5.74, 6) is -0.388. The minimum atomic E-state index is -0.388. The molecule has 0 aliphatic heterocycles. The maximum Gasteiger partial charge on any atom is 0.258 e. The van der Waals surface area contributed by atoms with Gasteiger partial charge in [0, 0.05) is 10.7 Å². The minimum Gasteiger partial charge on any atom is -0.332 e. The van der Waals surface area contributed by atoms with Gasteiger partial charge in [-0.25, -0.2) is 0 Å². The number of carbonyl (C=O) groups is 1. The van der Waals surface area contributed by atoms with Crippen molar-refractivity contribution in [1.29, 1.82) is 0 Å². The second-order valence-electron chi connectivity index (χ2n) is 6.51. The van der Waals surface area contributed by atoms with E-state index in [2.05, 4.69) is 20.8 Å². The molecular formula is C21H15Cl2N5OS. The lowest BCUT2D eigenvalue weighted by Crippen LogP contribution is -2.34. The molecule has 6 nitrogen and oxygen atoms in total. The first-order chi connectivity index (χ1) is 14.4. The van der Waals surface area contributed by atoms with Gasteiger partial charge in [-0.3, -0.25) is 10.1 Å². The summed E-state index contributed by atoms with van der Waals surface area (Å²) in [5, 5.41) is 15.7. The second-order valence-corrected chi connectivity index (χ2v) is 7.74. The Kier molecular flexibility index (Phi) is 5.67. The highest BCUT2D eigenvalue weighted by Crippen LogP contribution is 2.21. The van der Waals surface area contributed by atoms with Crippen LogP contribution in [0.1, 0.15) is 15.9 Å². The number of hydrogen-bond acceptors (Lipinski definition) is 4. The normalized spacial score (nSPS) is 10.8. The Morgan fingerprint density at radius 2 is 1.73 bits per heavy atom. The number of thiocarbonyl (C=S) groups is 1. The predicted molar refractivity (Wildman–Crippen MR) is 124 cm³/mol. The fourth-order valence-corrected chi connectivity index (χ4v) is 3.40. The van der Waals surface area contributed by atoms with Crippen molar-refractivity contribution in [3.05, 3.63) is 81.8 Å². The lowest BCUT2D eigenvalue weighted by atomic mass is 10.2. The van der Waals surface area contributed by atoms with Gasteiger partial charge in [0.25, 0.3) is 5.91 Å². The Balaban J connectivity index is 1.51. The van der Waals surface area contributed by atoms with E-state index in [1.807, 2.05) is 31.2 Å². The number of anilines is 1. The van der Waals surface area contributed by atoms with Crippen molar-refractivity contribution < 1.29 is 4.79 Å². The molecule has 0 saturated carbocycles. The molecular weight excluding hydrogens is 441 g/mol. The summed E-state index contributed by atoms with van der Waals surface area (Å²) in [5.41, 5.74) is 4.13. The Morgan fingerprint density at radius 1 is 0.967 bits per heavy atom. The molecule has 1 aromatic heterocycles. The number of hydrogen-bond donors (Lipinski definition) is 2. The molecule has 9 heteroatoms. The number of amides is 1. The number of carbonyl (C=O) groups excluding carboxylic acids is 1. The van der Waals surface area contributed by atoms with Crippen molar-refractivity contribution in [3.63, 3.8) is 0 Å². The predicted octanol–water partition coefficient (Wildman–Crippen LogP) is 5.16. The van der Waals surface area contributed by atoms with Crippen LogP contribution in [0.3, 0.4) is 0 Å². The van der Waals surface area contributed by atoms with Crippen LogP contribution in [-0.4, -0.2) is 26.0 Å². The highest BCUT2D eigenvalue weighted by molar-refractivity contribution is 7.80. The first kappa shape index (κ1) is 20.3. The molecule has 0 saturated heterocycles. The minimum absolute atomic E-state index is 0.150. The molecule has 30 heavy (non-hydrogen) atoms. The van der Waals surface area contributed by atoms with Gasteiger partial charge in [-0.05, 0) is 67.2 Å². The van der Waals surface area contributed by atoms with Crippen LogP contribution in [0.2, 0.25) is 10.0 Å². The molecule has 4 aromatic rings. The molecule has 0 fully saturated rings. The number of fused-ring (bicyclic) bond motifs is 1. The molecule has 3 aromatic carbocycles. The van der Waals surface area contributed by atoms with Gasteiger partial charge < -0.3 is 5.32 Å². The second kappa shape index (κ2) is 8.39. The van der Waals surface area contributed by atoms with Gasteiger partial charge in [0.05, 0.1) is 16.3 Å². The molecule has 0 aliphatic carbocycles. The number of benzene rings is 3. The average molecular weight is 456 g/mol. The van der Waals surface area contributed by atoms with Crippen LogP contribution in [0, 0.1) is 6.92 Å². The standard InChI is InChI=1S/C21H15Cl2N5OS/c1-12-6-8-14(11-17(12)23)28-26-18-9-7-13(10-19(18)27-28)24-21(30)25-20(29)15-4-2-3-5-16(15)22/h2-11H,1H3,(H2,24,25,29,30). The third-order valence-electron chi connectivity index (χ3n) is 4.37. The van der Waals surface area contributed by atoms with Gasteiger partial charge >= 0.3 is 0 Å². The molecule has 4 rings (SSSR count). The van der Waals surface area contributed by atoms with E-state index in [1.165, 1.54) is 4.80 Å². The van der Waals surface area contributed by atoms with E-state index < -0.39 is 0 Å². The van der Waals surface area contributed by atoms with E-state index in [0.717, 1.165) is 11.3 Å². The number of aryl methyl sites for hydroxylation is 1. The van der Waals surface area contributed by atoms with Crippen LogP contribution in [0.5, 0.6) is 0 Å². The smallest absolute Gasteiger partial charge is 0.258 e. The maximum atomic E-state index is 12.3. The quantitative estimate of drug-likeness (QED) is 0.417. The zero-order valence-electron chi connectivity index (χ0n) is 15.7. The van der Waals surface area contributed by atoms with Gasteiger partial charge in [-0.1, -0.05) is 41.4 Å². The molecule has 150 valence electrons. The van der Waals surface area contributed by atoms with Crippen molar-refractivity contribution in [1.82, 2.24) is 20.3 Å². The summed E-state index contributed by atoms with van der Waals surface area (Å²) in [6, 6.07) is 17.8. The van der Waals surface area contributed by atoms with Crippen molar-refractivity contribution in [2.45, 2.75) is 6.92 Å². The van der Waals surface area contributed by atoms with Crippen molar-refractivity contribution in [3.8, 4) is 5.69 Å². The van der Waals surface area contributed by atoms with Crippen molar-refractivity contribution in [2.75, 3.05) is 5.32 Å². The van der Waals surface area contributed by atoms with Crippen LogP contribution in [0.25, 0.3) is 16.7 Å². The van der Waals surface area contributed by atoms with Crippen LogP contribution in [-0.2, 0) is 0 Å². The Morgan fingerprint density at radius 3 is 2.50 bits per heavy atom. The zero-order chi connectivity index (χ0) is 21.3. The summed E-state index contributed by atoms with van der Waals surface area (Å²) >= 11 is 17.5. The van der Waals surface area contributed by atoms with Crippen molar-refractivity contribution in [2.24, 2.45) is 0 Å². The molecule has 1 amide bonds.